The number of quaternary nitrogens is 1. The molecule has 0 amide bonds. The van der Waals surface area contributed by atoms with Gasteiger partial charge in [0.25, 0.3) is 0 Å². The Labute approximate surface area is 533 Å². The van der Waals surface area contributed by atoms with Crippen LogP contribution in [-0.2, 0) is 32.7 Å². The van der Waals surface area contributed by atoms with Crippen molar-refractivity contribution in [1.82, 2.24) is 0 Å². The predicted octanol–water partition coefficient (Wildman–Crippen LogP) is 23.9. The summed E-state index contributed by atoms with van der Waals surface area (Å²) in [6.45, 7) is 4.37. The third-order valence-electron chi connectivity index (χ3n) is 16.3. The number of likely N-dealkylation sites (N-methyl/N-ethyl adjacent to an activating group) is 1. The molecule has 0 bridgehead atoms. The molecule has 0 aromatic rings. The van der Waals surface area contributed by atoms with Crippen LogP contribution in [0.2, 0.25) is 0 Å². The fourth-order valence-electron chi connectivity index (χ4n) is 10.7. The molecule has 0 rings (SSSR count). The molecule has 0 saturated heterocycles. The van der Waals surface area contributed by atoms with Crippen molar-refractivity contribution in [2.24, 2.45) is 0 Å². The van der Waals surface area contributed by atoms with Crippen molar-refractivity contribution >= 4 is 19.8 Å². The lowest BCUT2D eigenvalue weighted by molar-refractivity contribution is -0.870. The summed E-state index contributed by atoms with van der Waals surface area (Å²) in [4.78, 5) is 35.9. The summed E-state index contributed by atoms with van der Waals surface area (Å²) in [6.07, 6.45) is 90.2. The molecule has 0 spiro atoms. The smallest absolute Gasteiger partial charge is 0.462 e. The topological polar surface area (TPSA) is 108 Å². The standard InChI is InChI=1S/C76H140NO8P/c1-6-8-10-12-14-16-18-20-22-24-26-28-30-32-34-36-37-38-39-41-42-44-46-48-50-52-54-56-58-60-62-64-66-68-75(78)82-72-74(73-84-86(80,81)83-71-70-77(3,4)5)85-76(79)69-67-65-63-61-59-57-55-53-51-49-47-45-43-40-35-33-31-29-27-25-23-21-19-17-15-13-11-9-7-2/h9,11,15,17,21,23,27,29,33,35,43,45,74H,6-8,10,12-14,16,18-20,22,24-26,28,30-32,34,36-42,44,46-73H2,1-5H3/p+1/b11-9-,17-15-,23-21-,29-27-,35-33-,45-43-. The maximum Gasteiger partial charge on any atom is 0.472 e. The van der Waals surface area contributed by atoms with Gasteiger partial charge >= 0.3 is 19.8 Å². The summed E-state index contributed by atoms with van der Waals surface area (Å²) >= 11 is 0. The summed E-state index contributed by atoms with van der Waals surface area (Å²) in [5.41, 5.74) is 0. The van der Waals surface area contributed by atoms with Crippen LogP contribution in [-0.4, -0.2) is 74.9 Å². The Morgan fingerprint density at radius 3 is 0.988 bits per heavy atom. The van der Waals surface area contributed by atoms with Gasteiger partial charge in [0.15, 0.2) is 6.10 Å². The molecule has 86 heavy (non-hydrogen) atoms. The number of hydrogen-bond acceptors (Lipinski definition) is 7. The van der Waals surface area contributed by atoms with E-state index in [0.717, 1.165) is 83.5 Å². The molecule has 0 radical (unpaired) electrons. The molecular weight excluding hydrogens is 1090 g/mol. The number of carbonyl (C=O) groups is 2. The predicted molar refractivity (Wildman–Crippen MR) is 372 cm³/mol. The number of nitrogens with zero attached hydrogens (tertiary/aromatic N) is 1. The fraction of sp³-hybridized carbons (Fsp3) is 0.816. The normalized spacial score (nSPS) is 13.5. The first-order chi connectivity index (χ1) is 42.0. The van der Waals surface area contributed by atoms with Crippen molar-refractivity contribution in [1.29, 1.82) is 0 Å². The molecule has 10 heteroatoms. The minimum Gasteiger partial charge on any atom is -0.462 e. The number of ether oxygens (including phenoxy) is 2. The van der Waals surface area contributed by atoms with Gasteiger partial charge in [0, 0.05) is 12.8 Å². The van der Waals surface area contributed by atoms with Gasteiger partial charge in [-0.2, -0.15) is 0 Å². The second-order valence-corrected chi connectivity index (χ2v) is 27.4. The molecule has 0 heterocycles. The number of unbranched alkanes of at least 4 members (excludes halogenated alkanes) is 42. The second kappa shape index (κ2) is 66.9. The third-order valence-corrected chi connectivity index (χ3v) is 17.2. The van der Waals surface area contributed by atoms with E-state index in [0.29, 0.717) is 23.9 Å². The Balaban J connectivity index is 4.00. The summed E-state index contributed by atoms with van der Waals surface area (Å²) in [5.74, 6) is -0.789. The lowest BCUT2D eigenvalue weighted by atomic mass is 10.0. The highest BCUT2D eigenvalue weighted by atomic mass is 31.2. The van der Waals surface area contributed by atoms with Gasteiger partial charge in [-0.15, -0.1) is 0 Å². The van der Waals surface area contributed by atoms with Crippen LogP contribution in [0.1, 0.15) is 348 Å². The first-order valence-corrected chi connectivity index (χ1v) is 38.2. The maximum absolute atomic E-state index is 12.9. The zero-order valence-corrected chi connectivity index (χ0v) is 58.2. The van der Waals surface area contributed by atoms with Gasteiger partial charge in [-0.3, -0.25) is 18.6 Å². The van der Waals surface area contributed by atoms with E-state index in [-0.39, 0.29) is 25.6 Å². The van der Waals surface area contributed by atoms with Crippen LogP contribution in [0.25, 0.3) is 0 Å². The Hall–Kier alpha value is -2.55. The Kier molecular flexibility index (Phi) is 64.9. The van der Waals surface area contributed by atoms with Gasteiger partial charge in [0.05, 0.1) is 27.7 Å². The molecule has 502 valence electrons. The summed E-state index contributed by atoms with van der Waals surface area (Å²) in [5, 5.41) is 0. The molecule has 0 aromatic carbocycles. The second-order valence-electron chi connectivity index (χ2n) is 26.0. The van der Waals surface area contributed by atoms with Gasteiger partial charge in [0.1, 0.15) is 19.8 Å². The molecule has 0 fully saturated rings. The van der Waals surface area contributed by atoms with Crippen LogP contribution in [0.5, 0.6) is 0 Å². The molecule has 0 aromatic heterocycles. The molecule has 0 aliphatic rings. The minimum absolute atomic E-state index is 0.0299. The number of rotatable bonds is 68. The number of allylic oxidation sites excluding steroid dienone is 12. The Bertz CT molecular complexity index is 1680. The molecule has 0 aliphatic carbocycles. The van der Waals surface area contributed by atoms with Gasteiger partial charge in [-0.05, 0) is 64.2 Å². The van der Waals surface area contributed by atoms with Crippen LogP contribution >= 0.6 is 7.82 Å². The van der Waals surface area contributed by atoms with Crippen molar-refractivity contribution in [2.75, 3.05) is 47.5 Å². The fourth-order valence-corrected chi connectivity index (χ4v) is 11.4. The Morgan fingerprint density at radius 2 is 0.663 bits per heavy atom. The third kappa shape index (κ3) is 70.5. The quantitative estimate of drug-likeness (QED) is 0.0211. The highest BCUT2D eigenvalue weighted by molar-refractivity contribution is 7.47. The van der Waals surface area contributed by atoms with Crippen LogP contribution in [0.3, 0.4) is 0 Å². The number of esters is 2. The van der Waals surface area contributed by atoms with Crippen LogP contribution < -0.4 is 0 Å². The number of carbonyl (C=O) groups excluding carboxylic acids is 2. The van der Waals surface area contributed by atoms with Crippen molar-refractivity contribution in [3.05, 3.63) is 72.9 Å². The molecular formula is C76H141NO8P+. The van der Waals surface area contributed by atoms with E-state index in [2.05, 4.69) is 86.8 Å². The lowest BCUT2D eigenvalue weighted by Crippen LogP contribution is -2.37. The van der Waals surface area contributed by atoms with Crippen LogP contribution in [0.4, 0.5) is 0 Å². The van der Waals surface area contributed by atoms with Crippen molar-refractivity contribution in [3.63, 3.8) is 0 Å². The number of phosphoric ester groups is 1. The minimum atomic E-state index is -4.40. The van der Waals surface area contributed by atoms with Gasteiger partial charge in [-0.25, -0.2) is 4.57 Å². The molecule has 0 saturated carbocycles. The largest absolute Gasteiger partial charge is 0.472 e. The van der Waals surface area contributed by atoms with Crippen molar-refractivity contribution in [2.45, 2.75) is 354 Å². The van der Waals surface area contributed by atoms with E-state index < -0.39 is 26.5 Å². The molecule has 0 aliphatic heterocycles. The lowest BCUT2D eigenvalue weighted by Gasteiger charge is -2.24. The number of phosphoric acid groups is 1. The Morgan fingerprint density at radius 1 is 0.372 bits per heavy atom. The van der Waals surface area contributed by atoms with Gasteiger partial charge < -0.3 is 18.9 Å². The molecule has 2 atom stereocenters. The molecule has 9 nitrogen and oxygen atoms in total. The van der Waals surface area contributed by atoms with E-state index in [1.807, 2.05) is 21.1 Å². The van der Waals surface area contributed by atoms with E-state index in [1.54, 1.807) is 0 Å². The van der Waals surface area contributed by atoms with Crippen molar-refractivity contribution < 1.29 is 42.1 Å². The average Bonchev–Trinajstić information content (AvgIpc) is 3.67. The summed E-state index contributed by atoms with van der Waals surface area (Å²) in [7, 11) is 1.48. The zero-order chi connectivity index (χ0) is 62.6. The highest BCUT2D eigenvalue weighted by Crippen LogP contribution is 2.43. The van der Waals surface area contributed by atoms with E-state index in [4.69, 9.17) is 18.5 Å². The van der Waals surface area contributed by atoms with Crippen LogP contribution in [0.15, 0.2) is 72.9 Å². The number of hydrogen-bond donors (Lipinski definition) is 1. The van der Waals surface area contributed by atoms with E-state index in [9.17, 15) is 19.0 Å². The van der Waals surface area contributed by atoms with Crippen LogP contribution in [0, 0.1) is 0 Å². The SMILES string of the molecule is CC/C=C\C/C=C\C/C=C\C/C=C\C/C=C\C/C=C\CCCCCCCCCCCCC(=O)OC(COC(=O)CCCCCCCCCCCCCCCCCCCCCCCCCCCCCCCCCCC)COP(=O)(O)OCC[N+](C)(C)C. The first kappa shape index (κ1) is 83.5. The van der Waals surface area contributed by atoms with E-state index in [1.165, 1.54) is 231 Å². The van der Waals surface area contributed by atoms with Gasteiger partial charge in [0.2, 0.25) is 0 Å². The monoisotopic (exact) mass is 1230 g/mol. The summed E-state index contributed by atoms with van der Waals surface area (Å²) < 4.78 is 34.8. The average molecular weight is 1230 g/mol. The van der Waals surface area contributed by atoms with Crippen molar-refractivity contribution in [3.8, 4) is 0 Å². The highest BCUT2D eigenvalue weighted by Gasteiger charge is 2.27. The molecule has 2 unspecified atom stereocenters. The van der Waals surface area contributed by atoms with E-state index >= 15 is 0 Å². The first-order valence-electron chi connectivity index (χ1n) is 36.7. The summed E-state index contributed by atoms with van der Waals surface area (Å²) in [6, 6.07) is 0. The maximum atomic E-state index is 12.9. The van der Waals surface area contributed by atoms with Gasteiger partial charge in [-0.1, -0.05) is 344 Å². The molecule has 1 N–H and O–H groups in total. The zero-order valence-electron chi connectivity index (χ0n) is 57.3.